The number of hydrogen-bond acceptors (Lipinski definition) is 4. The van der Waals surface area contributed by atoms with Crippen LogP contribution in [0.15, 0.2) is 23.6 Å². The van der Waals surface area contributed by atoms with Gasteiger partial charge in [0.15, 0.2) is 11.6 Å². The fourth-order valence-electron chi connectivity index (χ4n) is 1.69. The van der Waals surface area contributed by atoms with Crippen LogP contribution in [-0.2, 0) is 6.42 Å². The Labute approximate surface area is 109 Å². The maximum Gasteiger partial charge on any atom is 0.168 e. The highest BCUT2D eigenvalue weighted by Crippen LogP contribution is 2.26. The Balaban J connectivity index is 2.19. The van der Waals surface area contributed by atoms with Crippen LogP contribution in [-0.4, -0.2) is 17.2 Å². The molecular formula is C13H14FNO2S. The predicted molar refractivity (Wildman–Crippen MR) is 68.5 cm³/mol. The lowest BCUT2D eigenvalue weighted by atomic mass is 10.1. The van der Waals surface area contributed by atoms with E-state index in [0.717, 1.165) is 5.69 Å². The van der Waals surface area contributed by atoms with Crippen molar-refractivity contribution in [1.82, 2.24) is 4.98 Å². The first-order chi connectivity index (χ1) is 8.61. The zero-order chi connectivity index (χ0) is 13.1. The Kier molecular flexibility index (Phi) is 3.93. The minimum Gasteiger partial charge on any atom is -0.494 e. The lowest BCUT2D eigenvalue weighted by Gasteiger charge is -2.10. The third kappa shape index (κ3) is 2.68. The number of hydrogen-bond donors (Lipinski definition) is 1. The van der Waals surface area contributed by atoms with E-state index in [4.69, 9.17) is 4.74 Å². The molecule has 1 unspecified atom stereocenters. The maximum atomic E-state index is 13.9. The molecule has 1 aromatic carbocycles. The number of ether oxygens (including phenoxy) is 1. The molecule has 5 heteroatoms. The Bertz CT molecular complexity index is 542. The van der Waals surface area contributed by atoms with Gasteiger partial charge < -0.3 is 9.84 Å². The molecule has 0 saturated heterocycles. The molecule has 1 atom stereocenters. The number of aromatic nitrogens is 1. The molecular weight excluding hydrogens is 253 g/mol. The van der Waals surface area contributed by atoms with Crippen molar-refractivity contribution in [3.8, 4) is 5.75 Å². The van der Waals surface area contributed by atoms with E-state index < -0.39 is 11.9 Å². The lowest BCUT2D eigenvalue weighted by molar-refractivity contribution is 0.176. The van der Waals surface area contributed by atoms with Crippen molar-refractivity contribution >= 4 is 11.3 Å². The second-order valence-corrected chi connectivity index (χ2v) is 4.87. The van der Waals surface area contributed by atoms with Crippen molar-refractivity contribution in [2.45, 2.75) is 19.4 Å². The van der Waals surface area contributed by atoms with Crippen LogP contribution in [0, 0.1) is 12.7 Å². The van der Waals surface area contributed by atoms with Gasteiger partial charge in [0.25, 0.3) is 0 Å². The van der Waals surface area contributed by atoms with Gasteiger partial charge in [-0.05, 0) is 18.6 Å². The number of aliphatic hydroxyl groups is 1. The van der Waals surface area contributed by atoms with E-state index in [2.05, 4.69) is 4.98 Å². The summed E-state index contributed by atoms with van der Waals surface area (Å²) >= 11 is 1.38. The molecule has 0 bridgehead atoms. The third-order valence-electron chi connectivity index (χ3n) is 2.60. The van der Waals surface area contributed by atoms with E-state index in [-0.39, 0.29) is 12.2 Å². The summed E-state index contributed by atoms with van der Waals surface area (Å²) in [6.07, 6.45) is -0.596. The lowest BCUT2D eigenvalue weighted by Crippen LogP contribution is -2.04. The number of nitrogens with zero attached hydrogens (tertiary/aromatic N) is 1. The van der Waals surface area contributed by atoms with E-state index in [1.807, 2.05) is 12.3 Å². The van der Waals surface area contributed by atoms with Gasteiger partial charge in [-0.15, -0.1) is 11.3 Å². The number of halogens is 1. The first-order valence-electron chi connectivity index (χ1n) is 5.53. The maximum absolute atomic E-state index is 13.9. The van der Waals surface area contributed by atoms with Crippen molar-refractivity contribution in [1.29, 1.82) is 0 Å². The Hall–Kier alpha value is -1.46. The molecule has 1 aromatic heterocycles. The molecule has 96 valence electrons. The zero-order valence-corrected chi connectivity index (χ0v) is 11.0. The molecule has 0 fully saturated rings. The summed E-state index contributed by atoms with van der Waals surface area (Å²) in [6.45, 7) is 1.86. The quantitative estimate of drug-likeness (QED) is 0.926. The predicted octanol–water partition coefficient (Wildman–Crippen LogP) is 2.88. The van der Waals surface area contributed by atoms with Gasteiger partial charge in [0.1, 0.15) is 11.1 Å². The first-order valence-corrected chi connectivity index (χ1v) is 6.41. The van der Waals surface area contributed by atoms with Crippen LogP contribution < -0.4 is 4.74 Å². The molecule has 0 spiro atoms. The summed E-state index contributed by atoms with van der Waals surface area (Å²) in [7, 11) is 1.42. The number of thiazole rings is 1. The van der Waals surface area contributed by atoms with Gasteiger partial charge in [-0.3, -0.25) is 0 Å². The fourth-order valence-corrected chi connectivity index (χ4v) is 2.47. The molecule has 0 amide bonds. The monoisotopic (exact) mass is 267 g/mol. The molecule has 0 radical (unpaired) electrons. The topological polar surface area (TPSA) is 42.4 Å². The van der Waals surface area contributed by atoms with E-state index in [9.17, 15) is 9.50 Å². The fraction of sp³-hybridized carbons (Fsp3) is 0.308. The summed E-state index contributed by atoms with van der Waals surface area (Å²) in [5.41, 5.74) is 1.29. The number of aryl methyl sites for hydroxylation is 1. The number of aliphatic hydroxyl groups excluding tert-OH is 1. The standard InChI is InChI=1S/C13H14FNO2S/c1-8-7-18-13(15-8)10(16)6-9-4-3-5-11(17-2)12(9)14/h3-5,7,10,16H,6H2,1-2H3. The zero-order valence-electron chi connectivity index (χ0n) is 10.2. The second kappa shape index (κ2) is 5.46. The molecule has 0 aliphatic rings. The van der Waals surface area contributed by atoms with Gasteiger partial charge >= 0.3 is 0 Å². The highest BCUT2D eigenvalue weighted by atomic mass is 32.1. The van der Waals surface area contributed by atoms with Gasteiger partial charge in [0.05, 0.1) is 7.11 Å². The Morgan fingerprint density at radius 2 is 2.28 bits per heavy atom. The largest absolute Gasteiger partial charge is 0.494 e. The molecule has 1 N–H and O–H groups in total. The van der Waals surface area contributed by atoms with Crippen LogP contribution in [0.4, 0.5) is 4.39 Å². The minimum atomic E-state index is -0.787. The molecule has 2 rings (SSSR count). The van der Waals surface area contributed by atoms with E-state index in [1.165, 1.54) is 18.4 Å². The van der Waals surface area contributed by atoms with Crippen LogP contribution in [0.2, 0.25) is 0 Å². The van der Waals surface area contributed by atoms with Gasteiger partial charge in [-0.2, -0.15) is 0 Å². The summed E-state index contributed by atoms with van der Waals surface area (Å²) in [5, 5.41) is 12.5. The summed E-state index contributed by atoms with van der Waals surface area (Å²) < 4.78 is 18.8. The second-order valence-electron chi connectivity index (χ2n) is 3.98. The highest BCUT2D eigenvalue weighted by molar-refractivity contribution is 7.09. The summed E-state index contributed by atoms with van der Waals surface area (Å²) in [5.74, 6) is -0.234. The molecule has 0 aliphatic heterocycles. The number of methoxy groups -OCH3 is 1. The van der Waals surface area contributed by atoms with Crippen molar-refractivity contribution < 1.29 is 14.2 Å². The van der Waals surface area contributed by atoms with Gasteiger partial charge in [0, 0.05) is 17.5 Å². The van der Waals surface area contributed by atoms with Crippen molar-refractivity contribution in [3.63, 3.8) is 0 Å². The summed E-state index contributed by atoms with van der Waals surface area (Å²) in [4.78, 5) is 4.19. The summed E-state index contributed by atoms with van der Waals surface area (Å²) in [6, 6.07) is 4.90. The molecule has 18 heavy (non-hydrogen) atoms. The number of benzene rings is 1. The highest BCUT2D eigenvalue weighted by Gasteiger charge is 2.16. The minimum absolute atomic E-state index is 0.190. The van der Waals surface area contributed by atoms with Crippen LogP contribution in [0.25, 0.3) is 0 Å². The van der Waals surface area contributed by atoms with E-state index >= 15 is 0 Å². The van der Waals surface area contributed by atoms with E-state index in [1.54, 1.807) is 18.2 Å². The molecule has 0 aliphatic carbocycles. The Morgan fingerprint density at radius 3 is 2.89 bits per heavy atom. The average molecular weight is 267 g/mol. The molecule has 2 aromatic rings. The van der Waals surface area contributed by atoms with Crippen molar-refractivity contribution in [3.05, 3.63) is 45.7 Å². The van der Waals surface area contributed by atoms with Gasteiger partial charge in [-0.25, -0.2) is 9.37 Å². The van der Waals surface area contributed by atoms with Crippen molar-refractivity contribution in [2.75, 3.05) is 7.11 Å². The van der Waals surface area contributed by atoms with Crippen LogP contribution in [0.3, 0.4) is 0 Å². The molecule has 0 saturated carbocycles. The molecule has 3 nitrogen and oxygen atoms in total. The van der Waals surface area contributed by atoms with Crippen LogP contribution >= 0.6 is 11.3 Å². The normalized spacial score (nSPS) is 12.4. The van der Waals surface area contributed by atoms with E-state index in [0.29, 0.717) is 10.6 Å². The third-order valence-corrected chi connectivity index (χ3v) is 3.66. The average Bonchev–Trinajstić information content (AvgIpc) is 2.78. The Morgan fingerprint density at radius 1 is 1.50 bits per heavy atom. The van der Waals surface area contributed by atoms with Gasteiger partial charge in [-0.1, -0.05) is 12.1 Å². The number of rotatable bonds is 4. The smallest absolute Gasteiger partial charge is 0.168 e. The molecule has 1 heterocycles. The SMILES string of the molecule is COc1cccc(CC(O)c2nc(C)cs2)c1F. The van der Waals surface area contributed by atoms with Crippen LogP contribution in [0.5, 0.6) is 5.75 Å². The van der Waals surface area contributed by atoms with Gasteiger partial charge in [0.2, 0.25) is 0 Å². The first kappa shape index (κ1) is 13.0. The van der Waals surface area contributed by atoms with Crippen LogP contribution in [0.1, 0.15) is 22.4 Å². The van der Waals surface area contributed by atoms with Crippen molar-refractivity contribution in [2.24, 2.45) is 0 Å².